The van der Waals surface area contributed by atoms with E-state index in [1.165, 1.54) is 0 Å². The number of fused-ring (bicyclic) bond motifs is 1. The number of thiophene rings is 1. The van der Waals surface area contributed by atoms with Crippen LogP contribution >= 0.6 is 11.3 Å². The molecule has 0 spiro atoms. The second-order valence-corrected chi connectivity index (χ2v) is 8.23. The smallest absolute Gasteiger partial charge is 0.325 e. The fraction of sp³-hybridized carbons (Fsp3) is 0.217. The van der Waals surface area contributed by atoms with E-state index in [2.05, 4.69) is 10.4 Å². The Labute approximate surface area is 183 Å². The predicted molar refractivity (Wildman–Crippen MR) is 120 cm³/mol. The van der Waals surface area contributed by atoms with E-state index in [0.717, 1.165) is 10.4 Å². The van der Waals surface area contributed by atoms with Crippen LogP contribution in [0.3, 0.4) is 0 Å². The molecule has 0 aliphatic carbocycles. The normalized spacial score (nSPS) is 11.1. The van der Waals surface area contributed by atoms with Gasteiger partial charge in [0.2, 0.25) is 0 Å². The molecule has 1 amide bonds. The molecule has 0 bridgehead atoms. The van der Waals surface area contributed by atoms with Gasteiger partial charge >= 0.3 is 5.97 Å². The van der Waals surface area contributed by atoms with Crippen LogP contribution in [0.25, 0.3) is 21.6 Å². The van der Waals surface area contributed by atoms with Crippen molar-refractivity contribution in [2.75, 3.05) is 6.54 Å². The van der Waals surface area contributed by atoms with Gasteiger partial charge in [0, 0.05) is 6.04 Å². The molecule has 8 heteroatoms. The van der Waals surface area contributed by atoms with Crippen LogP contribution in [0, 0.1) is 0 Å². The average Bonchev–Trinajstić information content (AvgIpc) is 3.46. The van der Waals surface area contributed by atoms with E-state index in [0.29, 0.717) is 22.3 Å². The van der Waals surface area contributed by atoms with Crippen LogP contribution in [0.2, 0.25) is 0 Å². The highest BCUT2D eigenvalue weighted by Gasteiger charge is 2.19. The molecule has 3 aromatic heterocycles. The number of hydrogen-bond donors (Lipinski definition) is 1. The molecule has 0 unspecified atom stereocenters. The van der Waals surface area contributed by atoms with Crippen molar-refractivity contribution in [1.82, 2.24) is 20.1 Å². The number of rotatable bonds is 7. The van der Waals surface area contributed by atoms with Crippen LogP contribution in [0.5, 0.6) is 0 Å². The topological polar surface area (TPSA) is 86.1 Å². The highest BCUT2D eigenvalue weighted by Crippen LogP contribution is 2.28. The fourth-order valence-electron chi connectivity index (χ4n) is 3.17. The quantitative estimate of drug-likeness (QED) is 0.440. The van der Waals surface area contributed by atoms with Gasteiger partial charge in [-0.1, -0.05) is 36.4 Å². The summed E-state index contributed by atoms with van der Waals surface area (Å²) in [6, 6.07) is 15.1. The molecular weight excluding hydrogens is 412 g/mol. The number of nitrogens with one attached hydrogen (secondary N) is 1. The largest absolute Gasteiger partial charge is 0.460 e. The van der Waals surface area contributed by atoms with E-state index in [9.17, 15) is 9.59 Å². The van der Waals surface area contributed by atoms with Crippen molar-refractivity contribution >= 4 is 34.2 Å². The first kappa shape index (κ1) is 20.7. The lowest BCUT2D eigenvalue weighted by atomic mass is 10.1. The van der Waals surface area contributed by atoms with Gasteiger partial charge in [0.05, 0.1) is 27.7 Å². The van der Waals surface area contributed by atoms with E-state index in [1.807, 2.05) is 61.7 Å². The highest BCUT2D eigenvalue weighted by molar-refractivity contribution is 7.13. The number of aromatic nitrogens is 3. The molecular formula is C23H22N4O3S. The lowest BCUT2D eigenvalue weighted by Crippen LogP contribution is -2.30. The van der Waals surface area contributed by atoms with Crippen molar-refractivity contribution in [2.45, 2.75) is 26.5 Å². The summed E-state index contributed by atoms with van der Waals surface area (Å²) >= 11 is 1.55. The maximum atomic E-state index is 13.0. The first-order valence-corrected chi connectivity index (χ1v) is 10.8. The van der Waals surface area contributed by atoms with E-state index in [1.54, 1.807) is 28.3 Å². The summed E-state index contributed by atoms with van der Waals surface area (Å²) in [5, 5.41) is 9.67. The second-order valence-electron chi connectivity index (χ2n) is 7.28. The fourth-order valence-corrected chi connectivity index (χ4v) is 3.86. The first-order chi connectivity index (χ1) is 15.0. The Hall–Kier alpha value is -3.52. The number of ether oxygens (including phenoxy) is 1. The SMILES string of the molecule is CC(C)n1ncc2c(C(=O)NCC(=O)OCc3ccccc3)cc(-c3cccs3)nc21. The molecule has 0 saturated carbocycles. The zero-order valence-corrected chi connectivity index (χ0v) is 18.1. The molecule has 158 valence electrons. The van der Waals surface area contributed by atoms with Crippen LogP contribution in [0.15, 0.2) is 60.1 Å². The highest BCUT2D eigenvalue weighted by atomic mass is 32.1. The van der Waals surface area contributed by atoms with Crippen LogP contribution in [-0.2, 0) is 16.1 Å². The summed E-state index contributed by atoms with van der Waals surface area (Å²) in [6.45, 7) is 3.96. The molecule has 1 aromatic carbocycles. The second kappa shape index (κ2) is 9.09. The molecule has 7 nitrogen and oxygen atoms in total. The van der Waals surface area contributed by atoms with Crippen molar-refractivity contribution in [2.24, 2.45) is 0 Å². The van der Waals surface area contributed by atoms with Crippen LogP contribution < -0.4 is 5.32 Å². The monoisotopic (exact) mass is 434 g/mol. The summed E-state index contributed by atoms with van der Waals surface area (Å²) in [5.41, 5.74) is 2.65. The van der Waals surface area contributed by atoms with Gasteiger partial charge in [-0.15, -0.1) is 11.3 Å². The summed E-state index contributed by atoms with van der Waals surface area (Å²) in [7, 11) is 0. The van der Waals surface area contributed by atoms with E-state index < -0.39 is 5.97 Å². The molecule has 0 aliphatic rings. The zero-order chi connectivity index (χ0) is 21.8. The van der Waals surface area contributed by atoms with Crippen LogP contribution in [0.1, 0.15) is 35.8 Å². The molecule has 3 heterocycles. The van der Waals surface area contributed by atoms with Crippen LogP contribution in [-0.4, -0.2) is 33.2 Å². The van der Waals surface area contributed by atoms with E-state index in [-0.39, 0.29) is 25.1 Å². The van der Waals surface area contributed by atoms with E-state index in [4.69, 9.17) is 9.72 Å². The molecule has 0 saturated heterocycles. The van der Waals surface area contributed by atoms with Crippen LogP contribution in [0.4, 0.5) is 0 Å². The number of carbonyl (C=O) groups excluding carboxylic acids is 2. The van der Waals surface area contributed by atoms with E-state index >= 15 is 0 Å². The Morgan fingerprint density at radius 2 is 1.97 bits per heavy atom. The summed E-state index contributed by atoms with van der Waals surface area (Å²) in [5.74, 6) is -0.871. The maximum Gasteiger partial charge on any atom is 0.325 e. The number of pyridine rings is 1. The number of benzene rings is 1. The number of hydrogen-bond acceptors (Lipinski definition) is 6. The van der Waals surface area contributed by atoms with Gasteiger partial charge in [0.15, 0.2) is 5.65 Å². The minimum Gasteiger partial charge on any atom is -0.460 e. The minimum absolute atomic E-state index is 0.0902. The molecule has 31 heavy (non-hydrogen) atoms. The van der Waals surface area contributed by atoms with Crippen molar-refractivity contribution in [3.05, 3.63) is 71.2 Å². The van der Waals surface area contributed by atoms with Crippen molar-refractivity contribution in [1.29, 1.82) is 0 Å². The number of esters is 1. The number of carbonyl (C=O) groups is 2. The summed E-state index contributed by atoms with van der Waals surface area (Å²) < 4.78 is 7.03. The van der Waals surface area contributed by atoms with Gasteiger partial charge in [-0.05, 0) is 36.9 Å². The predicted octanol–water partition coefficient (Wildman–Crippen LogP) is 4.21. The summed E-state index contributed by atoms with van der Waals surface area (Å²) in [4.78, 5) is 30.7. The Bertz CT molecular complexity index is 1200. The van der Waals surface area contributed by atoms with Gasteiger partial charge in [-0.25, -0.2) is 9.67 Å². The first-order valence-electron chi connectivity index (χ1n) is 9.93. The third-order valence-corrected chi connectivity index (χ3v) is 5.60. The van der Waals surface area contributed by atoms with Gasteiger partial charge < -0.3 is 10.1 Å². The molecule has 0 aliphatic heterocycles. The standard InChI is InChI=1S/C23H22N4O3S/c1-15(2)27-22-18(12-25-27)17(11-19(26-22)20-9-6-10-31-20)23(29)24-13-21(28)30-14-16-7-4-3-5-8-16/h3-12,15H,13-14H2,1-2H3,(H,24,29). The Morgan fingerprint density at radius 1 is 1.16 bits per heavy atom. The number of amides is 1. The molecule has 0 radical (unpaired) electrons. The Kier molecular flexibility index (Phi) is 6.08. The third-order valence-electron chi connectivity index (χ3n) is 4.71. The zero-order valence-electron chi connectivity index (χ0n) is 17.2. The van der Waals surface area contributed by atoms with Crippen molar-refractivity contribution < 1.29 is 14.3 Å². The van der Waals surface area contributed by atoms with Gasteiger partial charge in [-0.2, -0.15) is 5.10 Å². The average molecular weight is 435 g/mol. The molecule has 0 fully saturated rings. The Balaban J connectivity index is 1.53. The maximum absolute atomic E-state index is 13.0. The number of nitrogens with zero attached hydrogens (tertiary/aromatic N) is 3. The molecule has 1 N–H and O–H groups in total. The third kappa shape index (κ3) is 4.64. The van der Waals surface area contributed by atoms with Crippen molar-refractivity contribution in [3.8, 4) is 10.6 Å². The van der Waals surface area contributed by atoms with Gasteiger partial charge in [0.1, 0.15) is 13.2 Å². The molecule has 4 rings (SSSR count). The van der Waals surface area contributed by atoms with Gasteiger partial charge in [-0.3, -0.25) is 9.59 Å². The summed E-state index contributed by atoms with van der Waals surface area (Å²) in [6.07, 6.45) is 1.64. The molecule has 0 atom stereocenters. The minimum atomic E-state index is -0.501. The lowest BCUT2D eigenvalue weighted by Gasteiger charge is -2.10. The van der Waals surface area contributed by atoms with Crippen molar-refractivity contribution in [3.63, 3.8) is 0 Å². The Morgan fingerprint density at radius 3 is 2.68 bits per heavy atom. The van der Waals surface area contributed by atoms with Gasteiger partial charge in [0.25, 0.3) is 5.91 Å². The molecule has 4 aromatic rings. The lowest BCUT2D eigenvalue weighted by molar-refractivity contribution is -0.143.